The van der Waals surface area contributed by atoms with Gasteiger partial charge >= 0.3 is 0 Å². The van der Waals surface area contributed by atoms with Crippen LogP contribution in [-0.2, 0) is 25.9 Å². The van der Waals surface area contributed by atoms with E-state index in [1.807, 2.05) is 12.1 Å². The number of hydrogen-bond donors (Lipinski definition) is 0. The van der Waals surface area contributed by atoms with Crippen LogP contribution in [-0.4, -0.2) is 4.43 Å². The average Bonchev–Trinajstić information content (AvgIpc) is 1.95. The van der Waals surface area contributed by atoms with Crippen molar-refractivity contribution in [1.82, 2.24) is 0 Å². The van der Waals surface area contributed by atoms with Crippen LogP contribution in [0.15, 0.2) is 24.3 Å². The van der Waals surface area contributed by atoms with Crippen LogP contribution in [0.1, 0.15) is 5.56 Å². The minimum absolute atomic E-state index is 0. The molecule has 56 valence electrons. The quantitative estimate of drug-likeness (QED) is 0.447. The zero-order chi connectivity index (χ0) is 7.40. The van der Waals surface area contributed by atoms with Crippen molar-refractivity contribution in [1.29, 1.82) is 0 Å². The van der Waals surface area contributed by atoms with Crippen LogP contribution < -0.4 is 0 Å². The Hall–Kier alpha value is 0.503. The first kappa shape index (κ1) is 11.5. The van der Waals surface area contributed by atoms with Gasteiger partial charge in [0.05, 0.1) is 0 Å². The fraction of sp³-hybridized carbons (Fsp3) is 0.250. The van der Waals surface area contributed by atoms with Crippen molar-refractivity contribution in [2.75, 3.05) is 4.43 Å². The summed E-state index contributed by atoms with van der Waals surface area (Å²) in [6, 6.07) is 6.66. The molecule has 0 nitrogen and oxygen atoms in total. The number of hydrogen-bond acceptors (Lipinski definition) is 0. The van der Waals surface area contributed by atoms with Gasteiger partial charge < -0.3 is 0 Å². The van der Waals surface area contributed by atoms with Gasteiger partial charge in [-0.3, -0.25) is 0 Å². The first-order chi connectivity index (χ1) is 4.83. The molecule has 0 aromatic heterocycles. The summed E-state index contributed by atoms with van der Waals surface area (Å²) in [4.78, 5) is 0. The second-order valence-corrected chi connectivity index (χ2v) is 3.14. The summed E-state index contributed by atoms with van der Waals surface area (Å²) in [6.07, 6.45) is 1.03. The van der Waals surface area contributed by atoms with Crippen LogP contribution >= 0.6 is 22.6 Å². The minimum atomic E-state index is -0.155. The van der Waals surface area contributed by atoms with Crippen molar-refractivity contribution in [3.8, 4) is 0 Å². The van der Waals surface area contributed by atoms with Gasteiger partial charge in [0.1, 0.15) is 5.82 Å². The van der Waals surface area contributed by atoms with E-state index in [2.05, 4.69) is 22.6 Å². The SMILES string of the molecule is Fc1ccc(CCI)cc1.[Zn]. The molecule has 0 radical (unpaired) electrons. The third-order valence-electron chi connectivity index (χ3n) is 1.30. The van der Waals surface area contributed by atoms with E-state index >= 15 is 0 Å². The third-order valence-corrected chi connectivity index (χ3v) is 1.84. The van der Waals surface area contributed by atoms with Gasteiger partial charge in [0, 0.05) is 23.9 Å². The van der Waals surface area contributed by atoms with Crippen LogP contribution in [0, 0.1) is 5.82 Å². The predicted octanol–water partition coefficient (Wildman–Crippen LogP) is 2.80. The smallest absolute Gasteiger partial charge is 0.123 e. The summed E-state index contributed by atoms with van der Waals surface area (Å²) in [6.45, 7) is 0. The van der Waals surface area contributed by atoms with Crippen molar-refractivity contribution in [2.24, 2.45) is 0 Å². The van der Waals surface area contributed by atoms with E-state index in [4.69, 9.17) is 0 Å². The molecule has 0 aliphatic rings. The van der Waals surface area contributed by atoms with Crippen molar-refractivity contribution >= 4 is 22.6 Å². The Morgan fingerprint density at radius 2 is 1.73 bits per heavy atom. The Morgan fingerprint density at radius 1 is 1.18 bits per heavy atom. The molecule has 0 aliphatic heterocycles. The molecule has 0 aliphatic carbocycles. The van der Waals surface area contributed by atoms with Crippen LogP contribution in [0.3, 0.4) is 0 Å². The van der Waals surface area contributed by atoms with Crippen LogP contribution in [0.5, 0.6) is 0 Å². The summed E-state index contributed by atoms with van der Waals surface area (Å²) in [5.41, 5.74) is 1.20. The zero-order valence-electron chi connectivity index (χ0n) is 6.19. The van der Waals surface area contributed by atoms with Gasteiger partial charge in [-0.25, -0.2) is 4.39 Å². The molecule has 0 heterocycles. The molecule has 1 aromatic carbocycles. The molecule has 0 bridgehead atoms. The summed E-state index contributed by atoms with van der Waals surface area (Å²) >= 11 is 2.31. The van der Waals surface area contributed by atoms with E-state index in [9.17, 15) is 4.39 Å². The number of benzene rings is 1. The Morgan fingerprint density at radius 3 is 2.18 bits per heavy atom. The van der Waals surface area contributed by atoms with Gasteiger partial charge in [-0.05, 0) is 24.1 Å². The van der Waals surface area contributed by atoms with Crippen LogP contribution in [0.4, 0.5) is 4.39 Å². The fourth-order valence-electron chi connectivity index (χ4n) is 0.760. The fourth-order valence-corrected chi connectivity index (χ4v) is 1.38. The van der Waals surface area contributed by atoms with Crippen molar-refractivity contribution in [3.05, 3.63) is 35.6 Å². The van der Waals surface area contributed by atoms with Gasteiger partial charge in [-0.2, -0.15) is 0 Å². The maximum Gasteiger partial charge on any atom is 0.123 e. The molecule has 1 aromatic rings. The van der Waals surface area contributed by atoms with Gasteiger partial charge in [-0.1, -0.05) is 34.7 Å². The van der Waals surface area contributed by atoms with Gasteiger partial charge in [0.2, 0.25) is 0 Å². The summed E-state index contributed by atoms with van der Waals surface area (Å²) < 4.78 is 13.4. The van der Waals surface area contributed by atoms with E-state index in [0.29, 0.717) is 0 Å². The summed E-state index contributed by atoms with van der Waals surface area (Å²) in [7, 11) is 0. The monoisotopic (exact) mass is 314 g/mol. The standard InChI is InChI=1S/C8H8FI.Zn/c9-8-3-1-7(2-4-8)5-6-10;/h1-4H,5-6H2;. The molecule has 0 N–H and O–H groups in total. The van der Waals surface area contributed by atoms with Gasteiger partial charge in [-0.15, -0.1) is 0 Å². The molecule has 3 heteroatoms. The Labute approximate surface area is 92.5 Å². The van der Waals surface area contributed by atoms with Crippen molar-refractivity contribution < 1.29 is 23.9 Å². The molecule has 0 amide bonds. The second kappa shape index (κ2) is 6.07. The molecule has 0 saturated carbocycles. The third kappa shape index (κ3) is 4.17. The number of alkyl halides is 1. The average molecular weight is 315 g/mol. The van der Waals surface area contributed by atoms with Crippen molar-refractivity contribution in [3.63, 3.8) is 0 Å². The van der Waals surface area contributed by atoms with Gasteiger partial charge in [0.25, 0.3) is 0 Å². The van der Waals surface area contributed by atoms with E-state index in [1.165, 1.54) is 17.7 Å². The molecule has 0 saturated heterocycles. The van der Waals surface area contributed by atoms with E-state index in [1.54, 1.807) is 0 Å². The molecule has 0 fully saturated rings. The summed E-state index contributed by atoms with van der Waals surface area (Å²) in [5, 5.41) is 0. The van der Waals surface area contributed by atoms with E-state index in [0.717, 1.165) is 10.8 Å². The van der Waals surface area contributed by atoms with Crippen molar-refractivity contribution in [2.45, 2.75) is 6.42 Å². The second-order valence-electron chi connectivity index (χ2n) is 2.07. The topological polar surface area (TPSA) is 0 Å². The summed E-state index contributed by atoms with van der Waals surface area (Å²) in [5.74, 6) is -0.155. The molecular weight excluding hydrogens is 307 g/mol. The Balaban J connectivity index is 0.000001000. The van der Waals surface area contributed by atoms with Crippen LogP contribution in [0.25, 0.3) is 0 Å². The Bertz CT molecular complexity index is 198. The van der Waals surface area contributed by atoms with Crippen LogP contribution in [0.2, 0.25) is 0 Å². The zero-order valence-corrected chi connectivity index (χ0v) is 11.3. The number of rotatable bonds is 2. The molecule has 0 unspecified atom stereocenters. The maximum atomic E-state index is 12.3. The molecule has 0 atom stereocenters. The maximum absolute atomic E-state index is 12.3. The number of halogens is 2. The molecular formula is C8H8FIZn. The van der Waals surface area contributed by atoms with Gasteiger partial charge in [0.15, 0.2) is 0 Å². The normalized spacial score (nSPS) is 8.91. The molecule has 0 spiro atoms. The predicted molar refractivity (Wildman–Crippen MR) is 49.0 cm³/mol. The first-order valence-corrected chi connectivity index (χ1v) is 4.66. The first-order valence-electron chi connectivity index (χ1n) is 3.13. The molecule has 1 rings (SSSR count). The van der Waals surface area contributed by atoms with E-state index in [-0.39, 0.29) is 25.3 Å². The van der Waals surface area contributed by atoms with E-state index < -0.39 is 0 Å². The Kier molecular flexibility index (Phi) is 6.35. The largest absolute Gasteiger partial charge is 0.207 e. The molecule has 11 heavy (non-hydrogen) atoms. The minimum Gasteiger partial charge on any atom is -0.207 e. The number of aryl methyl sites for hydroxylation is 1.